The molecule has 5 nitrogen and oxygen atoms in total. The number of nitrogens with one attached hydrogen (secondary N) is 2. The summed E-state index contributed by atoms with van der Waals surface area (Å²) in [7, 11) is -3.63. The molecule has 7 heteroatoms. The van der Waals surface area contributed by atoms with Gasteiger partial charge in [0.15, 0.2) is 0 Å². The van der Waals surface area contributed by atoms with Crippen LogP contribution in [0.2, 0.25) is 0 Å². The van der Waals surface area contributed by atoms with E-state index < -0.39 is 10.0 Å². The molecule has 0 bridgehead atoms. The van der Waals surface area contributed by atoms with Crippen molar-refractivity contribution in [3.63, 3.8) is 0 Å². The Morgan fingerprint density at radius 1 is 1.22 bits per heavy atom. The second-order valence-electron chi connectivity index (χ2n) is 5.16. The van der Waals surface area contributed by atoms with E-state index in [0.29, 0.717) is 6.54 Å². The summed E-state index contributed by atoms with van der Waals surface area (Å²) in [5.41, 5.74) is 2.09. The number of sulfonamides is 1. The van der Waals surface area contributed by atoms with Crippen molar-refractivity contribution in [2.24, 2.45) is 0 Å². The molecule has 0 aliphatic heterocycles. The summed E-state index contributed by atoms with van der Waals surface area (Å²) in [6, 6.07) is 11.1. The number of aryl methyl sites for hydroxylation is 2. The third-order valence-electron chi connectivity index (χ3n) is 3.25. The lowest BCUT2D eigenvalue weighted by Crippen LogP contribution is -2.36. The van der Waals surface area contributed by atoms with Gasteiger partial charge in [-0.25, -0.2) is 13.1 Å². The predicted molar refractivity (Wildman–Crippen MR) is 91.9 cm³/mol. The van der Waals surface area contributed by atoms with Crippen LogP contribution in [-0.4, -0.2) is 20.9 Å². The lowest BCUT2D eigenvalue weighted by Gasteiger charge is -2.07. The molecule has 23 heavy (non-hydrogen) atoms. The lowest BCUT2D eigenvalue weighted by molar-refractivity contribution is -0.120. The number of thiophene rings is 1. The molecule has 2 aromatic rings. The van der Waals surface area contributed by atoms with Gasteiger partial charge in [-0.1, -0.05) is 36.8 Å². The van der Waals surface area contributed by atoms with E-state index in [1.807, 2.05) is 38.1 Å². The van der Waals surface area contributed by atoms with Crippen LogP contribution in [0.25, 0.3) is 0 Å². The highest BCUT2D eigenvalue weighted by Gasteiger charge is 2.17. The molecule has 0 atom stereocenters. The van der Waals surface area contributed by atoms with Crippen LogP contribution in [0.15, 0.2) is 40.6 Å². The van der Waals surface area contributed by atoms with Gasteiger partial charge in [-0.2, -0.15) is 0 Å². The summed E-state index contributed by atoms with van der Waals surface area (Å²) >= 11 is 1.22. The molecule has 1 aromatic heterocycles. The number of rotatable bonds is 7. The molecular formula is C16H20N2O3S2. The van der Waals surface area contributed by atoms with Crippen LogP contribution >= 0.6 is 11.3 Å². The Morgan fingerprint density at radius 3 is 2.65 bits per heavy atom. The van der Waals surface area contributed by atoms with Gasteiger partial charge in [0.2, 0.25) is 5.91 Å². The van der Waals surface area contributed by atoms with Crippen molar-refractivity contribution in [3.8, 4) is 0 Å². The predicted octanol–water partition coefficient (Wildman–Crippen LogP) is 2.21. The van der Waals surface area contributed by atoms with E-state index >= 15 is 0 Å². The van der Waals surface area contributed by atoms with E-state index in [2.05, 4.69) is 10.0 Å². The quantitative estimate of drug-likeness (QED) is 0.802. The van der Waals surface area contributed by atoms with E-state index in [9.17, 15) is 13.2 Å². The maximum atomic E-state index is 12.1. The van der Waals surface area contributed by atoms with Crippen LogP contribution < -0.4 is 10.0 Å². The molecule has 0 aliphatic carbocycles. The van der Waals surface area contributed by atoms with Crippen molar-refractivity contribution in [1.29, 1.82) is 0 Å². The Bertz CT molecular complexity index is 782. The molecule has 124 valence electrons. The molecule has 2 rings (SSSR count). The molecule has 0 saturated heterocycles. The van der Waals surface area contributed by atoms with Gasteiger partial charge in [-0.05, 0) is 31.0 Å². The van der Waals surface area contributed by atoms with Gasteiger partial charge >= 0.3 is 0 Å². The Hall–Kier alpha value is -1.70. The van der Waals surface area contributed by atoms with Crippen molar-refractivity contribution in [2.75, 3.05) is 6.54 Å². The first kappa shape index (κ1) is 17.7. The first-order valence-electron chi connectivity index (χ1n) is 7.31. The van der Waals surface area contributed by atoms with Crippen molar-refractivity contribution in [1.82, 2.24) is 10.0 Å². The maximum absolute atomic E-state index is 12.1. The van der Waals surface area contributed by atoms with Crippen LogP contribution in [-0.2, 0) is 27.8 Å². The molecule has 0 radical (unpaired) electrons. The van der Waals surface area contributed by atoms with Crippen LogP contribution in [0.1, 0.15) is 22.9 Å². The van der Waals surface area contributed by atoms with Crippen molar-refractivity contribution in [3.05, 3.63) is 52.4 Å². The van der Waals surface area contributed by atoms with Gasteiger partial charge in [0, 0.05) is 11.4 Å². The number of carbonyl (C=O) groups excluding carboxylic acids is 1. The monoisotopic (exact) mass is 352 g/mol. The van der Waals surface area contributed by atoms with E-state index in [1.165, 1.54) is 11.3 Å². The summed E-state index contributed by atoms with van der Waals surface area (Å²) in [4.78, 5) is 12.8. The normalized spacial score (nSPS) is 11.4. The minimum Gasteiger partial charge on any atom is -0.351 e. The molecule has 0 aliphatic rings. The van der Waals surface area contributed by atoms with Gasteiger partial charge in [0.05, 0.1) is 6.54 Å². The van der Waals surface area contributed by atoms with E-state index in [4.69, 9.17) is 0 Å². The fourth-order valence-corrected chi connectivity index (χ4v) is 4.33. The van der Waals surface area contributed by atoms with Crippen molar-refractivity contribution in [2.45, 2.75) is 31.0 Å². The van der Waals surface area contributed by atoms with E-state index in [-0.39, 0.29) is 16.7 Å². The molecule has 1 heterocycles. The van der Waals surface area contributed by atoms with Crippen LogP contribution in [0.3, 0.4) is 0 Å². The van der Waals surface area contributed by atoms with Gasteiger partial charge in [-0.3, -0.25) is 4.79 Å². The van der Waals surface area contributed by atoms with Gasteiger partial charge in [-0.15, -0.1) is 11.3 Å². The zero-order valence-corrected chi connectivity index (χ0v) is 14.8. The fourth-order valence-electron chi connectivity index (χ4n) is 2.01. The summed E-state index contributed by atoms with van der Waals surface area (Å²) < 4.78 is 26.8. The first-order chi connectivity index (χ1) is 10.9. The smallest absolute Gasteiger partial charge is 0.250 e. The molecule has 0 fully saturated rings. The fraction of sp³-hybridized carbons (Fsp3) is 0.312. The number of benzene rings is 1. The summed E-state index contributed by atoms with van der Waals surface area (Å²) in [5.74, 6) is -0.359. The Balaban J connectivity index is 1.86. The molecule has 0 unspecified atom stereocenters. The molecular weight excluding hydrogens is 332 g/mol. The third kappa shape index (κ3) is 5.16. The molecule has 0 saturated carbocycles. The van der Waals surface area contributed by atoms with Gasteiger partial charge < -0.3 is 5.32 Å². The highest BCUT2D eigenvalue weighted by Crippen LogP contribution is 2.21. The zero-order valence-electron chi connectivity index (χ0n) is 13.1. The maximum Gasteiger partial charge on any atom is 0.250 e. The molecule has 0 spiro atoms. The van der Waals surface area contributed by atoms with Crippen LogP contribution in [0, 0.1) is 6.92 Å². The Labute approximate surface area is 140 Å². The lowest BCUT2D eigenvalue weighted by atomic mass is 10.1. The van der Waals surface area contributed by atoms with Crippen molar-refractivity contribution >= 4 is 27.3 Å². The minimum atomic E-state index is -3.63. The average molecular weight is 352 g/mol. The zero-order chi connectivity index (χ0) is 16.9. The largest absolute Gasteiger partial charge is 0.351 e. The number of hydrogen-bond acceptors (Lipinski definition) is 4. The van der Waals surface area contributed by atoms with E-state index in [1.54, 1.807) is 12.1 Å². The number of carbonyl (C=O) groups is 1. The number of amides is 1. The second kappa shape index (κ2) is 7.72. The Kier molecular flexibility index (Phi) is 5.92. The van der Waals surface area contributed by atoms with Gasteiger partial charge in [0.1, 0.15) is 4.21 Å². The first-order valence-corrected chi connectivity index (χ1v) is 9.61. The molecule has 2 N–H and O–H groups in total. The molecule has 1 amide bonds. The van der Waals surface area contributed by atoms with Gasteiger partial charge in [0.25, 0.3) is 10.0 Å². The number of hydrogen-bond donors (Lipinski definition) is 2. The van der Waals surface area contributed by atoms with Crippen LogP contribution in [0.4, 0.5) is 0 Å². The standard InChI is InChI=1S/C16H20N2O3S2/c1-3-14-7-8-16(22-14)23(20,21)18-11-15(19)17-10-13-6-4-5-12(2)9-13/h4-9,18H,3,10-11H2,1-2H3,(H,17,19). The summed E-state index contributed by atoms with van der Waals surface area (Å²) in [6.45, 7) is 4.05. The third-order valence-corrected chi connectivity index (χ3v) is 6.37. The molecule has 1 aromatic carbocycles. The summed E-state index contributed by atoms with van der Waals surface area (Å²) in [6.07, 6.45) is 0.789. The summed E-state index contributed by atoms with van der Waals surface area (Å²) in [5, 5.41) is 2.70. The van der Waals surface area contributed by atoms with Crippen LogP contribution in [0.5, 0.6) is 0 Å². The minimum absolute atomic E-state index is 0.237. The van der Waals surface area contributed by atoms with E-state index in [0.717, 1.165) is 22.4 Å². The Morgan fingerprint density at radius 2 is 2.00 bits per heavy atom. The SMILES string of the molecule is CCc1ccc(S(=O)(=O)NCC(=O)NCc2cccc(C)c2)s1. The second-order valence-corrected chi connectivity index (χ2v) is 8.33. The van der Waals surface area contributed by atoms with Crippen molar-refractivity contribution < 1.29 is 13.2 Å². The topological polar surface area (TPSA) is 75.3 Å². The average Bonchev–Trinajstić information content (AvgIpc) is 3.01. The highest BCUT2D eigenvalue weighted by atomic mass is 32.2. The highest BCUT2D eigenvalue weighted by molar-refractivity contribution is 7.91.